The van der Waals surface area contributed by atoms with Gasteiger partial charge in [0.25, 0.3) is 0 Å². The van der Waals surface area contributed by atoms with Crippen LogP contribution in [0, 0.1) is 18.3 Å². The maximum Gasteiger partial charge on any atom is 0.100 e. The van der Waals surface area contributed by atoms with Crippen LogP contribution in [0.2, 0.25) is 5.02 Å². The van der Waals surface area contributed by atoms with Gasteiger partial charge in [-0.15, -0.1) is 0 Å². The molecule has 84 valence electrons. The topological polar surface area (TPSA) is 23.8 Å². The first-order valence-corrected chi connectivity index (χ1v) is 6.33. The van der Waals surface area contributed by atoms with Crippen molar-refractivity contribution in [2.45, 2.75) is 16.7 Å². The largest absolute Gasteiger partial charge is 0.192 e. The van der Waals surface area contributed by atoms with E-state index in [9.17, 15) is 0 Å². The lowest BCUT2D eigenvalue weighted by Gasteiger charge is -2.07. The predicted molar refractivity (Wildman–Crippen MR) is 71.5 cm³/mol. The summed E-state index contributed by atoms with van der Waals surface area (Å²) < 4.78 is 0. The summed E-state index contributed by atoms with van der Waals surface area (Å²) in [6.07, 6.45) is 0. The van der Waals surface area contributed by atoms with E-state index in [1.807, 2.05) is 24.3 Å². The molecule has 0 aliphatic rings. The van der Waals surface area contributed by atoms with Gasteiger partial charge >= 0.3 is 0 Å². The fraction of sp³-hybridized carbons (Fsp3) is 0.0714. The first kappa shape index (κ1) is 12.0. The molecule has 2 rings (SSSR count). The fourth-order valence-electron chi connectivity index (χ4n) is 1.46. The van der Waals surface area contributed by atoms with Crippen molar-refractivity contribution < 1.29 is 0 Å². The second-order valence-electron chi connectivity index (χ2n) is 3.62. The Morgan fingerprint density at radius 1 is 1.12 bits per heavy atom. The molecule has 0 radical (unpaired) electrons. The highest BCUT2D eigenvalue weighted by Gasteiger charge is 2.06. The number of nitrogens with zero attached hydrogens (tertiary/aromatic N) is 1. The van der Waals surface area contributed by atoms with Gasteiger partial charge in [-0.05, 0) is 36.8 Å². The monoisotopic (exact) mass is 259 g/mol. The van der Waals surface area contributed by atoms with Gasteiger partial charge in [0.2, 0.25) is 0 Å². The number of nitriles is 1. The molecule has 0 saturated carbocycles. The van der Waals surface area contributed by atoms with E-state index in [1.165, 1.54) is 5.56 Å². The molecule has 0 aliphatic heterocycles. The van der Waals surface area contributed by atoms with Crippen molar-refractivity contribution in [2.24, 2.45) is 0 Å². The SMILES string of the molecule is Cc1ccccc1Sc1cc(Cl)ccc1C#N. The van der Waals surface area contributed by atoms with E-state index in [4.69, 9.17) is 16.9 Å². The minimum Gasteiger partial charge on any atom is -0.192 e. The fourth-order valence-corrected chi connectivity index (χ4v) is 2.72. The van der Waals surface area contributed by atoms with Crippen molar-refractivity contribution in [2.75, 3.05) is 0 Å². The summed E-state index contributed by atoms with van der Waals surface area (Å²) in [5.41, 5.74) is 1.85. The maximum atomic E-state index is 9.05. The Bertz CT molecular complexity index is 587. The van der Waals surface area contributed by atoms with Crippen LogP contribution in [0.5, 0.6) is 0 Å². The molecule has 0 aromatic heterocycles. The molecule has 0 saturated heterocycles. The van der Waals surface area contributed by atoms with Crippen LogP contribution in [0.3, 0.4) is 0 Å². The minimum absolute atomic E-state index is 0.653. The Morgan fingerprint density at radius 2 is 1.88 bits per heavy atom. The van der Waals surface area contributed by atoms with Crippen molar-refractivity contribution >= 4 is 23.4 Å². The van der Waals surface area contributed by atoms with Crippen LogP contribution in [0.25, 0.3) is 0 Å². The van der Waals surface area contributed by atoms with Crippen LogP contribution in [-0.2, 0) is 0 Å². The molecular formula is C14H10ClNS. The van der Waals surface area contributed by atoms with E-state index < -0.39 is 0 Å². The lowest BCUT2D eigenvalue weighted by Crippen LogP contribution is -1.83. The zero-order chi connectivity index (χ0) is 12.3. The third kappa shape index (κ3) is 2.82. The molecule has 2 aromatic rings. The molecule has 0 N–H and O–H groups in total. The summed E-state index contributed by atoms with van der Waals surface area (Å²) in [5, 5.41) is 9.70. The third-order valence-electron chi connectivity index (χ3n) is 2.38. The van der Waals surface area contributed by atoms with Gasteiger partial charge in [-0.3, -0.25) is 0 Å². The molecule has 0 spiro atoms. The highest BCUT2D eigenvalue weighted by atomic mass is 35.5. The van der Waals surface area contributed by atoms with Crippen molar-refractivity contribution in [1.29, 1.82) is 5.26 Å². The van der Waals surface area contributed by atoms with Crippen LogP contribution in [0.4, 0.5) is 0 Å². The first-order valence-electron chi connectivity index (χ1n) is 5.14. The van der Waals surface area contributed by atoms with Gasteiger partial charge in [0.1, 0.15) is 6.07 Å². The van der Waals surface area contributed by atoms with Crippen LogP contribution in [0.1, 0.15) is 11.1 Å². The summed E-state index contributed by atoms with van der Waals surface area (Å²) in [6.45, 7) is 2.05. The van der Waals surface area contributed by atoms with Gasteiger partial charge in [0, 0.05) is 14.8 Å². The standard InChI is InChI=1S/C14H10ClNS/c1-10-4-2-3-5-13(10)17-14-8-12(15)7-6-11(14)9-16/h2-8H,1H3. The van der Waals surface area contributed by atoms with Crippen LogP contribution >= 0.6 is 23.4 Å². The number of hydrogen-bond donors (Lipinski definition) is 0. The molecule has 17 heavy (non-hydrogen) atoms. The summed E-state index contributed by atoms with van der Waals surface area (Å²) >= 11 is 7.53. The molecule has 2 aromatic carbocycles. The normalized spacial score (nSPS) is 9.94. The molecule has 0 amide bonds. The van der Waals surface area contributed by atoms with Gasteiger partial charge < -0.3 is 0 Å². The molecule has 1 nitrogen and oxygen atoms in total. The van der Waals surface area contributed by atoms with Crippen molar-refractivity contribution in [3.8, 4) is 6.07 Å². The molecule has 0 bridgehead atoms. The van der Waals surface area contributed by atoms with E-state index in [1.54, 1.807) is 23.9 Å². The molecule has 3 heteroatoms. The van der Waals surface area contributed by atoms with Crippen molar-refractivity contribution in [1.82, 2.24) is 0 Å². The highest BCUT2D eigenvalue weighted by Crippen LogP contribution is 2.33. The lowest BCUT2D eigenvalue weighted by molar-refractivity contribution is 1.28. The van der Waals surface area contributed by atoms with Crippen LogP contribution in [-0.4, -0.2) is 0 Å². The average molecular weight is 260 g/mol. The van der Waals surface area contributed by atoms with E-state index in [0.29, 0.717) is 10.6 Å². The third-order valence-corrected chi connectivity index (χ3v) is 3.85. The number of hydrogen-bond acceptors (Lipinski definition) is 2. The summed E-state index contributed by atoms with van der Waals surface area (Å²) in [6, 6.07) is 15.6. The average Bonchev–Trinajstić information content (AvgIpc) is 2.32. The van der Waals surface area contributed by atoms with E-state index >= 15 is 0 Å². The zero-order valence-corrected chi connectivity index (χ0v) is 10.8. The Labute approximate surface area is 110 Å². The summed E-state index contributed by atoms with van der Waals surface area (Å²) in [4.78, 5) is 2.04. The second-order valence-corrected chi connectivity index (χ2v) is 5.14. The second kappa shape index (κ2) is 5.27. The molecular weight excluding hydrogens is 250 g/mol. The Kier molecular flexibility index (Phi) is 3.73. The van der Waals surface area contributed by atoms with E-state index in [0.717, 1.165) is 9.79 Å². The van der Waals surface area contributed by atoms with Gasteiger partial charge in [0.05, 0.1) is 5.56 Å². The molecule has 0 heterocycles. The first-order chi connectivity index (χ1) is 8.20. The Balaban J connectivity index is 2.40. The van der Waals surface area contributed by atoms with Gasteiger partial charge in [0.15, 0.2) is 0 Å². The van der Waals surface area contributed by atoms with Gasteiger partial charge in [-0.25, -0.2) is 0 Å². The quantitative estimate of drug-likeness (QED) is 0.782. The smallest absolute Gasteiger partial charge is 0.100 e. The molecule has 0 atom stereocenters. The lowest BCUT2D eigenvalue weighted by atomic mass is 10.2. The number of rotatable bonds is 2. The number of halogens is 1. The van der Waals surface area contributed by atoms with Crippen LogP contribution in [0.15, 0.2) is 52.3 Å². The highest BCUT2D eigenvalue weighted by molar-refractivity contribution is 7.99. The van der Waals surface area contributed by atoms with Crippen molar-refractivity contribution in [3.63, 3.8) is 0 Å². The Hall–Kier alpha value is -1.43. The molecule has 0 fully saturated rings. The number of benzene rings is 2. The van der Waals surface area contributed by atoms with Gasteiger partial charge in [-0.2, -0.15) is 5.26 Å². The zero-order valence-electron chi connectivity index (χ0n) is 9.27. The summed E-state index contributed by atoms with van der Waals surface area (Å²) in [7, 11) is 0. The van der Waals surface area contributed by atoms with Crippen LogP contribution < -0.4 is 0 Å². The summed E-state index contributed by atoms with van der Waals surface area (Å²) in [5.74, 6) is 0. The molecule has 0 unspecified atom stereocenters. The maximum absolute atomic E-state index is 9.05. The minimum atomic E-state index is 0.653. The predicted octanol–water partition coefficient (Wildman–Crippen LogP) is 4.67. The van der Waals surface area contributed by atoms with E-state index in [-0.39, 0.29) is 0 Å². The molecule has 0 aliphatic carbocycles. The van der Waals surface area contributed by atoms with Crippen molar-refractivity contribution in [3.05, 3.63) is 58.6 Å². The van der Waals surface area contributed by atoms with E-state index in [2.05, 4.69) is 19.1 Å². The Morgan fingerprint density at radius 3 is 2.59 bits per heavy atom. The van der Waals surface area contributed by atoms with Gasteiger partial charge in [-0.1, -0.05) is 41.6 Å². The number of aryl methyl sites for hydroxylation is 1.